The first-order valence-corrected chi connectivity index (χ1v) is 5.37. The van der Waals surface area contributed by atoms with Gasteiger partial charge in [0.05, 0.1) is 0 Å². The minimum atomic E-state index is -0.353. The molecule has 0 bridgehead atoms. The first-order valence-electron chi connectivity index (χ1n) is 4.99. The number of nitrogens with two attached hydrogens (primary N) is 1. The lowest BCUT2D eigenvalue weighted by Gasteiger charge is -2.07. The predicted octanol–water partition coefficient (Wildman–Crippen LogP) is 1.22. The van der Waals surface area contributed by atoms with Crippen LogP contribution in [0.4, 0.5) is 5.82 Å². The van der Waals surface area contributed by atoms with Crippen molar-refractivity contribution in [2.75, 3.05) is 11.2 Å². The number of nitrogens with one attached hydrogen (secondary N) is 1. The quantitative estimate of drug-likeness (QED) is 0.804. The van der Waals surface area contributed by atoms with Gasteiger partial charge in [-0.1, -0.05) is 29.8 Å². The zero-order chi connectivity index (χ0) is 12.3. The number of halogens is 1. The van der Waals surface area contributed by atoms with Crippen LogP contribution in [0.5, 0.6) is 0 Å². The largest absolute Gasteiger partial charge is 0.364 e. The Morgan fingerprint density at radius 3 is 2.76 bits per heavy atom. The highest BCUT2D eigenvalue weighted by molar-refractivity contribution is 6.31. The molecule has 0 saturated carbocycles. The average molecular weight is 251 g/mol. The maximum absolute atomic E-state index is 11.0. The Labute approximate surface area is 103 Å². The van der Waals surface area contributed by atoms with Crippen molar-refractivity contribution in [1.29, 1.82) is 0 Å². The van der Waals surface area contributed by atoms with Gasteiger partial charge in [-0.2, -0.15) is 0 Å². The summed E-state index contributed by atoms with van der Waals surface area (Å²) in [6.45, 7) is 0.519. The highest BCUT2D eigenvalue weighted by atomic mass is 35.5. The van der Waals surface area contributed by atoms with Crippen molar-refractivity contribution in [2.24, 2.45) is 0 Å². The summed E-state index contributed by atoms with van der Waals surface area (Å²) in [4.78, 5) is 11.8. The van der Waals surface area contributed by atoms with Crippen LogP contribution in [0.15, 0.2) is 41.2 Å². The van der Waals surface area contributed by atoms with E-state index in [1.54, 1.807) is 6.07 Å². The Balaban J connectivity index is 2.10. The summed E-state index contributed by atoms with van der Waals surface area (Å²) in [7, 11) is 0. The second kappa shape index (κ2) is 4.88. The maximum Gasteiger partial charge on any atom is 0.285 e. The van der Waals surface area contributed by atoms with E-state index in [0.29, 0.717) is 17.4 Å². The molecular weight excluding hydrogens is 240 g/mol. The Morgan fingerprint density at radius 2 is 2.06 bits per heavy atom. The number of benzene rings is 1. The molecule has 2 aromatic rings. The summed E-state index contributed by atoms with van der Waals surface area (Å²) < 4.78 is 0. The highest BCUT2D eigenvalue weighted by Gasteiger charge is 2.00. The Morgan fingerprint density at radius 1 is 1.29 bits per heavy atom. The second-order valence-electron chi connectivity index (χ2n) is 3.45. The van der Waals surface area contributed by atoms with Crippen molar-refractivity contribution >= 4 is 17.4 Å². The molecular formula is C11H11ClN4O. The van der Waals surface area contributed by atoms with Crippen LogP contribution in [-0.4, -0.2) is 9.89 Å². The lowest BCUT2D eigenvalue weighted by atomic mass is 10.2. The summed E-state index contributed by atoms with van der Waals surface area (Å²) in [6, 6.07) is 10.4. The standard InChI is InChI=1S/C11H11ClN4O/c12-9-4-2-1-3-8(9)7-14-10-5-6-11(17)16(13)15-10/h1-6H,7,13H2,(H,14,15). The van der Waals surface area contributed by atoms with Crippen LogP contribution in [0.2, 0.25) is 5.02 Å². The lowest BCUT2D eigenvalue weighted by molar-refractivity contribution is 0.764. The number of rotatable bonds is 3. The fraction of sp³-hybridized carbons (Fsp3) is 0.0909. The van der Waals surface area contributed by atoms with Crippen LogP contribution < -0.4 is 16.7 Å². The molecule has 0 saturated heterocycles. The van der Waals surface area contributed by atoms with E-state index >= 15 is 0 Å². The zero-order valence-electron chi connectivity index (χ0n) is 8.93. The molecule has 1 aromatic heterocycles. The molecule has 2 rings (SSSR count). The minimum Gasteiger partial charge on any atom is -0.364 e. The van der Waals surface area contributed by atoms with E-state index in [9.17, 15) is 4.79 Å². The molecule has 17 heavy (non-hydrogen) atoms. The third-order valence-corrected chi connectivity index (χ3v) is 2.61. The smallest absolute Gasteiger partial charge is 0.285 e. The number of nitrogen functional groups attached to an aromatic ring is 1. The van der Waals surface area contributed by atoms with Crippen molar-refractivity contribution in [2.45, 2.75) is 6.54 Å². The molecule has 6 heteroatoms. The summed E-state index contributed by atoms with van der Waals surface area (Å²) in [6.07, 6.45) is 0. The number of hydrogen-bond donors (Lipinski definition) is 2. The molecule has 0 amide bonds. The van der Waals surface area contributed by atoms with E-state index in [1.807, 2.05) is 24.3 Å². The molecule has 0 aliphatic heterocycles. The third kappa shape index (κ3) is 2.76. The predicted molar refractivity (Wildman–Crippen MR) is 67.4 cm³/mol. The van der Waals surface area contributed by atoms with E-state index in [1.165, 1.54) is 6.07 Å². The van der Waals surface area contributed by atoms with Crippen LogP contribution in [0, 0.1) is 0 Å². The number of anilines is 1. The molecule has 0 radical (unpaired) electrons. The molecule has 3 N–H and O–H groups in total. The van der Waals surface area contributed by atoms with E-state index < -0.39 is 0 Å². The summed E-state index contributed by atoms with van der Waals surface area (Å²) >= 11 is 6.01. The van der Waals surface area contributed by atoms with Crippen LogP contribution in [0.3, 0.4) is 0 Å². The van der Waals surface area contributed by atoms with Gasteiger partial charge >= 0.3 is 0 Å². The lowest BCUT2D eigenvalue weighted by Crippen LogP contribution is -2.29. The maximum atomic E-state index is 11.0. The molecule has 0 atom stereocenters. The summed E-state index contributed by atoms with van der Waals surface area (Å²) in [5.41, 5.74) is 0.596. The van der Waals surface area contributed by atoms with Crippen molar-refractivity contribution in [3.8, 4) is 0 Å². The van der Waals surface area contributed by atoms with Gasteiger partial charge in [-0.05, 0) is 17.7 Å². The first-order chi connectivity index (χ1) is 8.16. The third-order valence-electron chi connectivity index (χ3n) is 2.24. The van der Waals surface area contributed by atoms with Gasteiger partial charge < -0.3 is 11.2 Å². The van der Waals surface area contributed by atoms with E-state index in [4.69, 9.17) is 17.4 Å². The number of aromatic nitrogens is 2. The van der Waals surface area contributed by atoms with Gasteiger partial charge in [0.25, 0.3) is 5.56 Å². The molecule has 0 aliphatic rings. The molecule has 1 heterocycles. The van der Waals surface area contributed by atoms with E-state index in [0.717, 1.165) is 10.4 Å². The van der Waals surface area contributed by atoms with Crippen molar-refractivity contribution in [1.82, 2.24) is 9.89 Å². The highest BCUT2D eigenvalue weighted by Crippen LogP contribution is 2.15. The van der Waals surface area contributed by atoms with Gasteiger partial charge in [-0.3, -0.25) is 4.79 Å². The topological polar surface area (TPSA) is 72.9 Å². The fourth-order valence-corrected chi connectivity index (χ4v) is 1.55. The van der Waals surface area contributed by atoms with Crippen LogP contribution in [0.1, 0.15) is 5.56 Å². The molecule has 5 nitrogen and oxygen atoms in total. The summed E-state index contributed by atoms with van der Waals surface area (Å²) in [5.74, 6) is 5.87. The molecule has 0 unspecified atom stereocenters. The van der Waals surface area contributed by atoms with Crippen LogP contribution >= 0.6 is 11.6 Å². The van der Waals surface area contributed by atoms with Gasteiger partial charge in [0.15, 0.2) is 0 Å². The van der Waals surface area contributed by atoms with Crippen LogP contribution in [-0.2, 0) is 6.54 Å². The molecule has 0 fully saturated rings. The number of nitrogens with zero attached hydrogens (tertiary/aromatic N) is 2. The van der Waals surface area contributed by atoms with Crippen molar-refractivity contribution in [3.63, 3.8) is 0 Å². The SMILES string of the molecule is Nn1nc(NCc2ccccc2Cl)ccc1=O. The van der Waals surface area contributed by atoms with Gasteiger partial charge in [0.2, 0.25) is 0 Å². The first kappa shape index (κ1) is 11.5. The molecule has 1 aromatic carbocycles. The van der Waals surface area contributed by atoms with Gasteiger partial charge in [-0.25, -0.2) is 0 Å². The fourth-order valence-electron chi connectivity index (χ4n) is 1.35. The Kier molecular flexibility index (Phi) is 3.30. The Hall–Kier alpha value is -2.01. The van der Waals surface area contributed by atoms with E-state index in [2.05, 4.69) is 10.4 Å². The van der Waals surface area contributed by atoms with Gasteiger partial charge in [0.1, 0.15) is 5.82 Å². The van der Waals surface area contributed by atoms with Crippen molar-refractivity contribution < 1.29 is 0 Å². The second-order valence-corrected chi connectivity index (χ2v) is 3.85. The van der Waals surface area contributed by atoms with E-state index in [-0.39, 0.29) is 5.56 Å². The van der Waals surface area contributed by atoms with Gasteiger partial charge in [0, 0.05) is 17.6 Å². The molecule has 0 spiro atoms. The molecule has 88 valence electrons. The van der Waals surface area contributed by atoms with Crippen molar-refractivity contribution in [3.05, 3.63) is 57.3 Å². The Bertz CT molecular complexity index is 582. The average Bonchev–Trinajstić information content (AvgIpc) is 2.32. The normalized spacial score (nSPS) is 10.2. The zero-order valence-corrected chi connectivity index (χ0v) is 9.69. The minimum absolute atomic E-state index is 0.353. The molecule has 0 aliphatic carbocycles. The van der Waals surface area contributed by atoms with Crippen LogP contribution in [0.25, 0.3) is 0 Å². The monoisotopic (exact) mass is 250 g/mol. The van der Waals surface area contributed by atoms with Gasteiger partial charge in [-0.15, -0.1) is 9.89 Å². The summed E-state index contributed by atoms with van der Waals surface area (Å²) in [5, 5.41) is 7.56. The number of hydrogen-bond acceptors (Lipinski definition) is 4.